The molecule has 0 amide bonds. The lowest BCUT2D eigenvalue weighted by atomic mass is 9.92. The van der Waals surface area contributed by atoms with Crippen molar-refractivity contribution < 1.29 is 17.9 Å². The van der Waals surface area contributed by atoms with Gasteiger partial charge in [0.25, 0.3) is 0 Å². The number of thiazole rings is 1. The van der Waals surface area contributed by atoms with Crippen LogP contribution in [0, 0.1) is 18.6 Å². The third-order valence-electron chi connectivity index (χ3n) is 5.03. The van der Waals surface area contributed by atoms with Crippen LogP contribution in [0.3, 0.4) is 0 Å². The first kappa shape index (κ1) is 24.0. The number of aromatic nitrogens is 3. The van der Waals surface area contributed by atoms with Crippen LogP contribution in [0.5, 0.6) is 5.88 Å². The summed E-state index contributed by atoms with van der Waals surface area (Å²) < 4.78 is 51.1. The van der Waals surface area contributed by atoms with Crippen LogP contribution in [0.4, 0.5) is 13.2 Å². The first-order valence-electron chi connectivity index (χ1n) is 10.1. The molecule has 0 saturated heterocycles. The van der Waals surface area contributed by atoms with E-state index >= 15 is 0 Å². The summed E-state index contributed by atoms with van der Waals surface area (Å²) in [5.74, 6) is -2.18. The molecule has 1 aliphatic heterocycles. The Morgan fingerprint density at radius 2 is 2.09 bits per heavy atom. The molecule has 7 nitrogen and oxygen atoms in total. The number of rotatable bonds is 6. The number of ether oxygens (including phenoxy) is 1. The zero-order chi connectivity index (χ0) is 24.5. The van der Waals surface area contributed by atoms with Gasteiger partial charge in [0.1, 0.15) is 22.8 Å². The van der Waals surface area contributed by atoms with Crippen LogP contribution in [0.25, 0.3) is 11.9 Å². The molecule has 3 aromatic rings. The number of nitrogens with two attached hydrogens (primary N) is 1. The molecule has 178 valence electrons. The smallest absolute Gasteiger partial charge is 0.232 e. The van der Waals surface area contributed by atoms with Crippen molar-refractivity contribution in [3.63, 3.8) is 0 Å². The highest BCUT2D eigenvalue weighted by Gasteiger charge is 2.35. The fourth-order valence-corrected chi connectivity index (χ4v) is 4.73. The zero-order valence-corrected chi connectivity index (χ0v) is 20.2. The highest BCUT2D eigenvalue weighted by molar-refractivity contribution is 7.97. The van der Waals surface area contributed by atoms with Crippen molar-refractivity contribution in [2.75, 3.05) is 12.8 Å². The van der Waals surface area contributed by atoms with Crippen LogP contribution in [0.15, 0.2) is 34.9 Å². The van der Waals surface area contributed by atoms with Gasteiger partial charge in [0.15, 0.2) is 17.5 Å². The van der Waals surface area contributed by atoms with Crippen molar-refractivity contribution in [2.45, 2.75) is 26.0 Å². The summed E-state index contributed by atoms with van der Waals surface area (Å²) in [6.07, 6.45) is 3.55. The largest absolute Gasteiger partial charge is 0.469 e. The van der Waals surface area contributed by atoms with Crippen molar-refractivity contribution in [3.05, 3.63) is 69.1 Å². The normalized spacial score (nSPS) is 18.7. The fraction of sp³-hybridized carbons (Fsp3) is 0.273. The quantitative estimate of drug-likeness (QED) is 0.485. The van der Waals surface area contributed by atoms with Crippen LogP contribution >= 0.6 is 23.3 Å². The second-order valence-corrected chi connectivity index (χ2v) is 9.82. The standard InChI is InChI=1S/C22H21F3N6OS2/c1-12-10-33-19(29-12)9-32-18-8-27-17(7-28-18)15(23)5-13-4-14(20(25)16(24)6-13)22(2)11-34-31(3)21(26)30-22/h4-8,10H,9,11H2,1-3H3,(H2,26,30). The molecular weight excluding hydrogens is 485 g/mol. The van der Waals surface area contributed by atoms with E-state index in [0.29, 0.717) is 5.75 Å². The number of guanidine groups is 1. The topological polar surface area (TPSA) is 89.5 Å². The first-order valence-corrected chi connectivity index (χ1v) is 11.9. The van der Waals surface area contributed by atoms with E-state index in [2.05, 4.69) is 19.9 Å². The van der Waals surface area contributed by atoms with E-state index in [1.165, 1.54) is 41.7 Å². The average molecular weight is 507 g/mol. The Balaban J connectivity index is 1.55. The minimum absolute atomic E-state index is 0.0117. The lowest BCUT2D eigenvalue weighted by Crippen LogP contribution is -2.40. The summed E-state index contributed by atoms with van der Waals surface area (Å²) >= 11 is 2.79. The number of halogens is 3. The highest BCUT2D eigenvalue weighted by Crippen LogP contribution is 2.37. The summed E-state index contributed by atoms with van der Waals surface area (Å²) in [6, 6.07) is 2.28. The number of hydrogen-bond acceptors (Lipinski definition) is 9. The third-order valence-corrected chi connectivity index (χ3v) is 7.24. The molecule has 3 heterocycles. The van der Waals surface area contributed by atoms with E-state index in [1.54, 1.807) is 18.3 Å². The van der Waals surface area contributed by atoms with Gasteiger partial charge >= 0.3 is 0 Å². The Labute approximate surface area is 202 Å². The number of hydrogen-bond donors (Lipinski definition) is 1. The van der Waals surface area contributed by atoms with Gasteiger partial charge in [-0.2, -0.15) is 0 Å². The van der Waals surface area contributed by atoms with Crippen LogP contribution in [-0.2, 0) is 12.1 Å². The van der Waals surface area contributed by atoms with E-state index in [4.69, 9.17) is 10.5 Å². The molecule has 0 spiro atoms. The maximum atomic E-state index is 14.9. The maximum absolute atomic E-state index is 14.9. The molecule has 2 N–H and O–H groups in total. The van der Waals surface area contributed by atoms with E-state index in [1.807, 2.05) is 12.3 Å². The summed E-state index contributed by atoms with van der Waals surface area (Å²) in [5.41, 5.74) is 5.70. The van der Waals surface area contributed by atoms with Gasteiger partial charge in [0.2, 0.25) is 11.8 Å². The minimum atomic E-state index is -1.11. The van der Waals surface area contributed by atoms with Crippen LogP contribution in [0.1, 0.15) is 34.4 Å². The average Bonchev–Trinajstić information content (AvgIpc) is 3.23. The molecule has 12 heteroatoms. The SMILES string of the molecule is Cc1csc(COc2cnc(C(F)=Cc3cc(F)c(F)c(C4(C)CSN(C)C(N)=N4)c3)cn2)n1. The van der Waals surface area contributed by atoms with E-state index in [0.717, 1.165) is 22.8 Å². The predicted molar refractivity (Wildman–Crippen MR) is 128 cm³/mol. The van der Waals surface area contributed by atoms with E-state index in [-0.39, 0.29) is 35.3 Å². The molecule has 0 radical (unpaired) electrons. The molecule has 0 aliphatic carbocycles. The zero-order valence-electron chi connectivity index (χ0n) is 18.6. The molecule has 4 rings (SSSR count). The molecule has 1 unspecified atom stereocenters. The van der Waals surface area contributed by atoms with E-state index < -0.39 is 23.0 Å². The molecule has 1 aliphatic rings. The Hall–Kier alpha value is -3.12. The molecule has 34 heavy (non-hydrogen) atoms. The van der Waals surface area contributed by atoms with Gasteiger partial charge in [-0.1, -0.05) is 0 Å². The Morgan fingerprint density at radius 3 is 2.74 bits per heavy atom. The molecule has 1 aromatic carbocycles. The molecule has 0 bridgehead atoms. The highest BCUT2D eigenvalue weighted by atomic mass is 32.2. The predicted octanol–water partition coefficient (Wildman–Crippen LogP) is 4.69. The Kier molecular flexibility index (Phi) is 6.80. The van der Waals surface area contributed by atoms with Crippen LogP contribution < -0.4 is 10.5 Å². The van der Waals surface area contributed by atoms with E-state index in [9.17, 15) is 13.2 Å². The monoisotopic (exact) mass is 506 g/mol. The number of aryl methyl sites for hydroxylation is 1. The second kappa shape index (κ2) is 9.63. The van der Waals surface area contributed by atoms with Crippen molar-refractivity contribution >= 4 is 41.1 Å². The number of nitrogens with zero attached hydrogens (tertiary/aromatic N) is 5. The van der Waals surface area contributed by atoms with Gasteiger partial charge < -0.3 is 10.5 Å². The van der Waals surface area contributed by atoms with Gasteiger partial charge in [-0.15, -0.1) is 11.3 Å². The van der Waals surface area contributed by atoms with Gasteiger partial charge in [0, 0.05) is 29.4 Å². The van der Waals surface area contributed by atoms with Crippen molar-refractivity contribution in [3.8, 4) is 5.88 Å². The van der Waals surface area contributed by atoms with Gasteiger partial charge in [-0.3, -0.25) is 4.31 Å². The summed E-state index contributed by atoms with van der Waals surface area (Å²) in [6.45, 7) is 3.76. The van der Waals surface area contributed by atoms with Crippen LogP contribution in [-0.4, -0.2) is 38.0 Å². The molecular formula is C22H21F3N6OS2. The van der Waals surface area contributed by atoms with Gasteiger partial charge in [-0.05, 0) is 49.6 Å². The van der Waals surface area contributed by atoms with Crippen LogP contribution in [0.2, 0.25) is 0 Å². The first-order chi connectivity index (χ1) is 16.1. The molecule has 2 aromatic heterocycles. The third kappa shape index (κ3) is 5.17. The number of aliphatic imine (C=N–C) groups is 1. The molecule has 0 saturated carbocycles. The summed E-state index contributed by atoms with van der Waals surface area (Å²) in [4.78, 5) is 16.7. The minimum Gasteiger partial charge on any atom is -0.469 e. The fourth-order valence-electron chi connectivity index (χ4n) is 3.21. The summed E-state index contributed by atoms with van der Waals surface area (Å²) in [7, 11) is 1.73. The maximum Gasteiger partial charge on any atom is 0.232 e. The molecule has 1 atom stereocenters. The van der Waals surface area contributed by atoms with Crippen molar-refractivity contribution in [1.29, 1.82) is 0 Å². The Bertz CT molecular complexity index is 1260. The lowest BCUT2D eigenvalue weighted by molar-refractivity contribution is 0.291. The van der Waals surface area contributed by atoms with Crippen molar-refractivity contribution in [1.82, 2.24) is 19.3 Å². The summed E-state index contributed by atoms with van der Waals surface area (Å²) in [5, 5.41) is 2.69. The second-order valence-electron chi connectivity index (χ2n) is 7.78. The Morgan fingerprint density at radius 1 is 1.29 bits per heavy atom. The lowest BCUT2D eigenvalue weighted by Gasteiger charge is -2.34. The number of benzene rings is 1. The van der Waals surface area contributed by atoms with Crippen molar-refractivity contribution in [2.24, 2.45) is 10.7 Å². The molecule has 0 fully saturated rings. The van der Waals surface area contributed by atoms with Gasteiger partial charge in [-0.25, -0.2) is 33.1 Å². The van der Waals surface area contributed by atoms with Gasteiger partial charge in [0.05, 0.1) is 12.4 Å².